The molecule has 1 fully saturated rings. The molecule has 2 heterocycles. The average molecular weight is 256 g/mol. The van der Waals surface area contributed by atoms with Gasteiger partial charge >= 0.3 is 0 Å². The number of rotatable bonds is 4. The third-order valence-corrected chi connectivity index (χ3v) is 3.48. The van der Waals surface area contributed by atoms with Gasteiger partial charge < -0.3 is 11.1 Å². The molecule has 0 bridgehead atoms. The summed E-state index contributed by atoms with van der Waals surface area (Å²) >= 11 is 1.97. The van der Waals surface area contributed by atoms with Crippen LogP contribution in [0.25, 0.3) is 0 Å². The molecule has 94 valence electrons. The van der Waals surface area contributed by atoms with Crippen LogP contribution in [0.15, 0.2) is 0 Å². The summed E-state index contributed by atoms with van der Waals surface area (Å²) in [6.07, 6.45) is 0. The van der Waals surface area contributed by atoms with Gasteiger partial charge in [-0.2, -0.15) is 16.7 Å². The van der Waals surface area contributed by atoms with E-state index < -0.39 is 0 Å². The number of aromatic nitrogens is 3. The van der Waals surface area contributed by atoms with Gasteiger partial charge in [-0.05, 0) is 0 Å². The lowest BCUT2D eigenvalue weighted by atomic mass is 10.4. The first kappa shape index (κ1) is 12.2. The highest BCUT2D eigenvalue weighted by atomic mass is 32.2. The van der Waals surface area contributed by atoms with Gasteiger partial charge in [0.1, 0.15) is 0 Å². The lowest BCUT2D eigenvalue weighted by Gasteiger charge is -2.25. The number of nitrogens with two attached hydrogens (primary N) is 1. The zero-order valence-electron chi connectivity index (χ0n) is 9.48. The van der Waals surface area contributed by atoms with E-state index in [1.807, 2.05) is 11.8 Å². The number of amides is 1. The molecule has 1 amide bonds. The van der Waals surface area contributed by atoms with Crippen LogP contribution >= 0.6 is 11.8 Å². The molecular weight excluding hydrogens is 240 g/mol. The molecule has 0 aromatic carbocycles. The molecule has 1 saturated heterocycles. The quantitative estimate of drug-likeness (QED) is 0.650. The number of carbonyl (C=O) groups is 1. The molecule has 0 unspecified atom stereocenters. The number of anilines is 1. The maximum Gasteiger partial charge on any atom is 0.288 e. The fourth-order valence-electron chi connectivity index (χ4n) is 1.61. The van der Waals surface area contributed by atoms with E-state index in [0.717, 1.165) is 19.6 Å². The number of H-pyrrole nitrogens is 1. The molecule has 8 heteroatoms. The predicted octanol–water partition coefficient (Wildman–Crippen LogP) is -0.834. The van der Waals surface area contributed by atoms with E-state index >= 15 is 0 Å². The first-order valence-electron chi connectivity index (χ1n) is 5.52. The Labute approximate surface area is 104 Å². The third kappa shape index (κ3) is 3.60. The summed E-state index contributed by atoms with van der Waals surface area (Å²) in [5.74, 6) is 2.33. The zero-order valence-corrected chi connectivity index (χ0v) is 10.3. The molecule has 1 aromatic rings. The molecule has 1 aliphatic heterocycles. The number of nitrogens with one attached hydrogen (secondary N) is 2. The van der Waals surface area contributed by atoms with Crippen LogP contribution in [0.5, 0.6) is 0 Å². The molecule has 1 aliphatic rings. The lowest BCUT2D eigenvalue weighted by molar-refractivity contribution is 0.0939. The van der Waals surface area contributed by atoms with E-state index in [4.69, 9.17) is 5.73 Å². The van der Waals surface area contributed by atoms with Crippen molar-refractivity contribution < 1.29 is 4.79 Å². The largest absolute Gasteiger partial charge is 0.366 e. The number of nitrogen functional groups attached to an aromatic ring is 1. The highest BCUT2D eigenvalue weighted by molar-refractivity contribution is 7.99. The van der Waals surface area contributed by atoms with Crippen LogP contribution in [0.3, 0.4) is 0 Å². The Hall–Kier alpha value is -1.28. The number of hydrogen-bond donors (Lipinski definition) is 3. The minimum absolute atomic E-state index is 0.0863. The van der Waals surface area contributed by atoms with Gasteiger partial charge in [0.05, 0.1) is 0 Å². The molecular formula is C9H16N6OS. The fraction of sp³-hybridized carbons (Fsp3) is 0.667. The first-order valence-corrected chi connectivity index (χ1v) is 6.67. The Morgan fingerprint density at radius 2 is 2.29 bits per heavy atom. The van der Waals surface area contributed by atoms with Crippen molar-refractivity contribution in [2.45, 2.75) is 0 Å². The van der Waals surface area contributed by atoms with Gasteiger partial charge in [-0.3, -0.25) is 14.8 Å². The molecule has 0 saturated carbocycles. The van der Waals surface area contributed by atoms with E-state index in [1.165, 1.54) is 11.5 Å². The van der Waals surface area contributed by atoms with E-state index in [2.05, 4.69) is 25.4 Å². The van der Waals surface area contributed by atoms with Crippen LogP contribution < -0.4 is 11.1 Å². The smallest absolute Gasteiger partial charge is 0.288 e. The SMILES string of the molecule is Nc1n[nH]c(C(=O)NCCN2CCSCC2)n1. The van der Waals surface area contributed by atoms with Crippen molar-refractivity contribution in [1.29, 1.82) is 0 Å². The maximum absolute atomic E-state index is 11.6. The summed E-state index contributed by atoms with van der Waals surface area (Å²) in [6, 6.07) is 0. The Bertz CT molecular complexity index is 375. The van der Waals surface area contributed by atoms with Crippen molar-refractivity contribution >= 4 is 23.6 Å². The van der Waals surface area contributed by atoms with E-state index in [-0.39, 0.29) is 17.7 Å². The maximum atomic E-state index is 11.6. The number of thioether (sulfide) groups is 1. The zero-order chi connectivity index (χ0) is 12.1. The monoisotopic (exact) mass is 256 g/mol. The molecule has 0 atom stereocenters. The van der Waals surface area contributed by atoms with Gasteiger partial charge in [-0.1, -0.05) is 0 Å². The summed E-state index contributed by atoms with van der Waals surface area (Å²) in [5.41, 5.74) is 5.32. The highest BCUT2D eigenvalue weighted by Gasteiger charge is 2.12. The molecule has 1 aromatic heterocycles. The van der Waals surface area contributed by atoms with Gasteiger partial charge in [0, 0.05) is 37.7 Å². The standard InChI is InChI=1S/C9H16N6OS/c10-9-12-7(13-14-9)8(16)11-1-2-15-3-5-17-6-4-15/h1-6H2,(H,11,16)(H3,10,12,13,14). The molecule has 0 aliphatic carbocycles. The Kier molecular flexibility index (Phi) is 4.21. The summed E-state index contributed by atoms with van der Waals surface area (Å²) < 4.78 is 0. The number of nitrogens with zero attached hydrogens (tertiary/aromatic N) is 3. The topological polar surface area (TPSA) is 99.9 Å². The van der Waals surface area contributed by atoms with Crippen molar-refractivity contribution in [2.75, 3.05) is 43.4 Å². The van der Waals surface area contributed by atoms with Crippen molar-refractivity contribution in [1.82, 2.24) is 25.4 Å². The second-order valence-corrected chi connectivity index (χ2v) is 4.98. The number of aromatic amines is 1. The van der Waals surface area contributed by atoms with Gasteiger partial charge in [-0.25, -0.2) is 0 Å². The Balaban J connectivity index is 1.69. The minimum Gasteiger partial charge on any atom is -0.366 e. The summed E-state index contributed by atoms with van der Waals surface area (Å²) in [6.45, 7) is 3.67. The van der Waals surface area contributed by atoms with Crippen LogP contribution in [0.2, 0.25) is 0 Å². The minimum atomic E-state index is -0.263. The average Bonchev–Trinajstić information content (AvgIpc) is 2.77. The van der Waals surface area contributed by atoms with E-state index in [0.29, 0.717) is 6.54 Å². The highest BCUT2D eigenvalue weighted by Crippen LogP contribution is 2.07. The van der Waals surface area contributed by atoms with Crippen molar-refractivity contribution in [3.63, 3.8) is 0 Å². The molecule has 17 heavy (non-hydrogen) atoms. The molecule has 0 spiro atoms. The van der Waals surface area contributed by atoms with Gasteiger partial charge in [0.15, 0.2) is 0 Å². The summed E-state index contributed by atoms with van der Waals surface area (Å²) in [5, 5.41) is 8.86. The molecule has 0 radical (unpaired) electrons. The van der Waals surface area contributed by atoms with Crippen molar-refractivity contribution in [2.24, 2.45) is 0 Å². The van der Waals surface area contributed by atoms with Crippen LogP contribution in [-0.2, 0) is 0 Å². The molecule has 2 rings (SSSR count). The van der Waals surface area contributed by atoms with Crippen LogP contribution in [0, 0.1) is 0 Å². The predicted molar refractivity (Wildman–Crippen MR) is 66.9 cm³/mol. The van der Waals surface area contributed by atoms with Crippen molar-refractivity contribution in [3.05, 3.63) is 5.82 Å². The number of carbonyl (C=O) groups excluding carboxylic acids is 1. The van der Waals surface area contributed by atoms with Crippen LogP contribution in [0.1, 0.15) is 10.6 Å². The number of hydrogen-bond acceptors (Lipinski definition) is 6. The van der Waals surface area contributed by atoms with Crippen LogP contribution in [-0.4, -0.2) is 63.7 Å². The fourth-order valence-corrected chi connectivity index (χ4v) is 2.59. The molecule has 7 nitrogen and oxygen atoms in total. The lowest BCUT2D eigenvalue weighted by Crippen LogP contribution is -2.39. The summed E-state index contributed by atoms with van der Waals surface area (Å²) in [4.78, 5) is 17.7. The van der Waals surface area contributed by atoms with E-state index in [1.54, 1.807) is 0 Å². The van der Waals surface area contributed by atoms with Gasteiger partial charge in [0.25, 0.3) is 5.91 Å². The van der Waals surface area contributed by atoms with Gasteiger partial charge in [-0.15, -0.1) is 5.10 Å². The second kappa shape index (κ2) is 5.87. The first-order chi connectivity index (χ1) is 8.25. The normalized spacial score (nSPS) is 16.9. The van der Waals surface area contributed by atoms with Crippen molar-refractivity contribution in [3.8, 4) is 0 Å². The third-order valence-electron chi connectivity index (χ3n) is 2.54. The van der Waals surface area contributed by atoms with E-state index in [9.17, 15) is 4.79 Å². The second-order valence-electron chi connectivity index (χ2n) is 3.75. The molecule has 4 N–H and O–H groups in total. The van der Waals surface area contributed by atoms with Crippen LogP contribution in [0.4, 0.5) is 5.95 Å². The van der Waals surface area contributed by atoms with Gasteiger partial charge in [0.2, 0.25) is 11.8 Å². The Morgan fingerprint density at radius 1 is 1.53 bits per heavy atom. The summed E-state index contributed by atoms with van der Waals surface area (Å²) in [7, 11) is 0. The Morgan fingerprint density at radius 3 is 2.94 bits per heavy atom.